The second-order valence-electron chi connectivity index (χ2n) is 7.96. The quantitative estimate of drug-likeness (QED) is 0.557. The maximum Gasteiger partial charge on any atom is 0.243 e. The van der Waals surface area contributed by atoms with Crippen LogP contribution >= 0.6 is 0 Å². The summed E-state index contributed by atoms with van der Waals surface area (Å²) in [5, 5.41) is 8.22. The second-order valence-corrected chi connectivity index (χ2v) is 9.86. The van der Waals surface area contributed by atoms with Crippen LogP contribution in [0.5, 0.6) is 0 Å². The molecule has 8 heteroatoms. The lowest BCUT2D eigenvalue weighted by atomic mass is 10.0. The number of anilines is 2. The number of rotatable bonds is 6. The van der Waals surface area contributed by atoms with Crippen molar-refractivity contribution < 1.29 is 13.2 Å². The van der Waals surface area contributed by atoms with Gasteiger partial charge in [0.2, 0.25) is 15.9 Å². The van der Waals surface area contributed by atoms with Crippen LogP contribution < -0.4 is 10.6 Å². The van der Waals surface area contributed by atoms with Crippen molar-refractivity contribution in [1.82, 2.24) is 14.6 Å². The van der Waals surface area contributed by atoms with Gasteiger partial charge in [0, 0.05) is 35.9 Å². The van der Waals surface area contributed by atoms with Gasteiger partial charge in [-0.15, -0.1) is 0 Å². The van der Waals surface area contributed by atoms with Gasteiger partial charge < -0.3 is 10.6 Å². The average molecular weight is 451 g/mol. The van der Waals surface area contributed by atoms with Crippen LogP contribution in [0.4, 0.5) is 11.5 Å². The number of carbonyl (C=O) groups is 1. The van der Waals surface area contributed by atoms with E-state index in [0.29, 0.717) is 25.2 Å². The number of nitrogens with zero attached hydrogens (tertiary/aromatic N) is 2. The van der Waals surface area contributed by atoms with Crippen molar-refractivity contribution in [3.05, 3.63) is 73.4 Å². The monoisotopic (exact) mass is 450 g/mol. The van der Waals surface area contributed by atoms with Crippen molar-refractivity contribution in [1.29, 1.82) is 0 Å². The Kier molecular flexibility index (Phi) is 6.25. The van der Waals surface area contributed by atoms with Crippen LogP contribution in [-0.2, 0) is 14.8 Å². The molecule has 166 valence electrons. The van der Waals surface area contributed by atoms with Crippen LogP contribution in [0.15, 0.2) is 78.3 Å². The molecule has 0 radical (unpaired) electrons. The minimum Gasteiger partial charge on any atom is -0.350 e. The van der Waals surface area contributed by atoms with E-state index < -0.39 is 10.0 Å². The van der Waals surface area contributed by atoms with Gasteiger partial charge in [0.05, 0.1) is 4.90 Å². The topological polar surface area (TPSA) is 91.4 Å². The lowest BCUT2D eigenvalue weighted by Gasteiger charge is -2.36. The summed E-state index contributed by atoms with van der Waals surface area (Å²) < 4.78 is 27.9. The molecule has 1 amide bonds. The number of hydrogen-bond acceptors (Lipinski definition) is 5. The van der Waals surface area contributed by atoms with E-state index in [0.717, 1.165) is 16.5 Å². The van der Waals surface area contributed by atoms with Gasteiger partial charge in [-0.1, -0.05) is 30.8 Å². The fraction of sp³-hybridized carbons (Fsp3) is 0.250. The Hall–Kier alpha value is -3.23. The van der Waals surface area contributed by atoms with Gasteiger partial charge >= 0.3 is 0 Å². The van der Waals surface area contributed by atoms with Crippen LogP contribution in [0.1, 0.15) is 19.8 Å². The average Bonchev–Trinajstić information content (AvgIpc) is 2.79. The number of amides is 1. The van der Waals surface area contributed by atoms with Gasteiger partial charge in [0.1, 0.15) is 5.82 Å². The zero-order chi connectivity index (χ0) is 22.7. The molecule has 1 saturated heterocycles. The molecular formula is C24H26N4O3S. The molecule has 2 heterocycles. The van der Waals surface area contributed by atoms with Crippen molar-refractivity contribution in [3.63, 3.8) is 0 Å². The summed E-state index contributed by atoms with van der Waals surface area (Å²) in [6, 6.07) is 16.3. The lowest BCUT2D eigenvalue weighted by molar-refractivity contribution is -0.117. The summed E-state index contributed by atoms with van der Waals surface area (Å²) >= 11 is 0. The molecule has 32 heavy (non-hydrogen) atoms. The van der Waals surface area contributed by atoms with Crippen molar-refractivity contribution in [2.45, 2.75) is 36.7 Å². The molecule has 3 aromatic rings. The molecule has 0 saturated carbocycles. The van der Waals surface area contributed by atoms with Crippen LogP contribution in [-0.4, -0.2) is 42.2 Å². The first-order valence-corrected chi connectivity index (χ1v) is 12.0. The molecule has 2 N–H and O–H groups in total. The summed E-state index contributed by atoms with van der Waals surface area (Å²) in [5.41, 5.74) is 0.755. The number of carbonyl (C=O) groups excluding carboxylic acids is 1. The molecule has 4 rings (SSSR count). The van der Waals surface area contributed by atoms with E-state index >= 15 is 0 Å². The molecule has 0 bridgehead atoms. The van der Waals surface area contributed by atoms with E-state index in [2.05, 4.69) is 22.2 Å². The van der Waals surface area contributed by atoms with Crippen LogP contribution in [0.3, 0.4) is 0 Å². The Morgan fingerprint density at radius 3 is 2.56 bits per heavy atom. The van der Waals surface area contributed by atoms with Crippen molar-refractivity contribution in [2.24, 2.45) is 0 Å². The highest BCUT2D eigenvalue weighted by molar-refractivity contribution is 7.89. The Morgan fingerprint density at radius 2 is 1.88 bits per heavy atom. The van der Waals surface area contributed by atoms with E-state index in [1.807, 2.05) is 37.3 Å². The molecule has 1 fully saturated rings. The summed E-state index contributed by atoms with van der Waals surface area (Å²) in [6.07, 6.45) is 4.16. The van der Waals surface area contributed by atoms with Gasteiger partial charge in [0.15, 0.2) is 0 Å². The summed E-state index contributed by atoms with van der Waals surface area (Å²) in [5.74, 6) is 0.457. The van der Waals surface area contributed by atoms with Gasteiger partial charge in [-0.3, -0.25) is 4.79 Å². The van der Waals surface area contributed by atoms with E-state index in [1.54, 1.807) is 30.5 Å². The summed E-state index contributed by atoms with van der Waals surface area (Å²) in [6.45, 7) is 5.68. The number of nitrogens with one attached hydrogen (secondary N) is 2. The van der Waals surface area contributed by atoms with Crippen molar-refractivity contribution >= 4 is 38.2 Å². The first-order valence-electron chi connectivity index (χ1n) is 10.5. The largest absolute Gasteiger partial charge is 0.350 e. The first-order chi connectivity index (χ1) is 15.4. The fourth-order valence-electron chi connectivity index (χ4n) is 4.04. The van der Waals surface area contributed by atoms with Crippen LogP contribution in [0.25, 0.3) is 10.8 Å². The van der Waals surface area contributed by atoms with Crippen molar-refractivity contribution in [2.75, 3.05) is 11.9 Å². The molecule has 0 spiro atoms. The Morgan fingerprint density at radius 1 is 1.16 bits per heavy atom. The number of aromatic nitrogens is 1. The smallest absolute Gasteiger partial charge is 0.243 e. The Bertz CT molecular complexity index is 1240. The highest BCUT2D eigenvalue weighted by Gasteiger charge is 2.34. The summed E-state index contributed by atoms with van der Waals surface area (Å²) in [7, 11) is -3.63. The second kappa shape index (κ2) is 9.10. The molecule has 2 atom stereocenters. The number of sulfonamides is 1. The lowest BCUT2D eigenvalue weighted by Crippen LogP contribution is -2.50. The highest BCUT2D eigenvalue weighted by Crippen LogP contribution is 2.27. The normalized spacial score (nSPS) is 19.4. The minimum atomic E-state index is -3.63. The van der Waals surface area contributed by atoms with Gasteiger partial charge in [0.25, 0.3) is 0 Å². The van der Waals surface area contributed by atoms with Gasteiger partial charge in [-0.2, -0.15) is 4.31 Å². The maximum absolute atomic E-state index is 13.2. The molecule has 1 aromatic heterocycles. The van der Waals surface area contributed by atoms with E-state index in [1.165, 1.54) is 10.4 Å². The molecule has 7 nitrogen and oxygen atoms in total. The predicted octanol–water partition coefficient (Wildman–Crippen LogP) is 3.82. The number of benzene rings is 2. The molecule has 1 aliphatic rings. The third kappa shape index (κ3) is 4.66. The molecule has 2 unspecified atom stereocenters. The number of hydrogen-bond donors (Lipinski definition) is 2. The Balaban J connectivity index is 1.45. The summed E-state index contributed by atoms with van der Waals surface area (Å²) in [4.78, 5) is 16.2. The fourth-order valence-corrected chi connectivity index (χ4v) is 5.70. The molecule has 2 aromatic carbocycles. The van der Waals surface area contributed by atoms with E-state index in [-0.39, 0.29) is 22.9 Å². The van der Waals surface area contributed by atoms with Gasteiger partial charge in [-0.05, 0) is 61.6 Å². The SMILES string of the molecule is C=CC(=O)NC1CCN(S(=O)(=O)c2ccc(Nc3cc4ccccc4cn3)cc2)C(C)C1. The number of pyridine rings is 1. The predicted molar refractivity (Wildman–Crippen MR) is 126 cm³/mol. The maximum atomic E-state index is 13.2. The minimum absolute atomic E-state index is 0.0528. The zero-order valence-electron chi connectivity index (χ0n) is 17.9. The molecule has 0 aliphatic carbocycles. The van der Waals surface area contributed by atoms with E-state index in [9.17, 15) is 13.2 Å². The van der Waals surface area contributed by atoms with Gasteiger partial charge in [-0.25, -0.2) is 13.4 Å². The molecule has 1 aliphatic heterocycles. The van der Waals surface area contributed by atoms with E-state index in [4.69, 9.17) is 0 Å². The zero-order valence-corrected chi connectivity index (χ0v) is 18.7. The standard InChI is InChI=1S/C24H26N4O3S/c1-3-24(29)27-21-12-13-28(17(2)14-21)32(30,31)22-10-8-20(9-11-22)26-23-15-18-6-4-5-7-19(18)16-25-23/h3-11,15-17,21H,1,12-14H2,2H3,(H,25,26)(H,27,29). The van der Waals surface area contributed by atoms with Crippen LogP contribution in [0.2, 0.25) is 0 Å². The highest BCUT2D eigenvalue weighted by atomic mass is 32.2. The number of piperidine rings is 1. The first kappa shape index (κ1) is 22.0. The molecular weight excluding hydrogens is 424 g/mol. The van der Waals surface area contributed by atoms with Crippen molar-refractivity contribution in [3.8, 4) is 0 Å². The van der Waals surface area contributed by atoms with Crippen LogP contribution in [0, 0.1) is 0 Å². The third-order valence-electron chi connectivity index (χ3n) is 5.71. The number of fused-ring (bicyclic) bond motifs is 1. The Labute approximate surface area is 188 Å². The third-order valence-corrected chi connectivity index (χ3v) is 7.74.